The highest BCUT2D eigenvalue weighted by molar-refractivity contribution is 5.79. The smallest absolute Gasteiger partial charge is 0.191 e. The Labute approximate surface area is 169 Å². The number of nitrogens with zero attached hydrogens (tertiary/aromatic N) is 4. The molecule has 6 nitrogen and oxygen atoms in total. The van der Waals surface area contributed by atoms with E-state index in [2.05, 4.69) is 62.9 Å². The molecule has 1 aromatic heterocycles. The number of guanidine groups is 1. The third kappa shape index (κ3) is 5.58. The maximum absolute atomic E-state index is 4.63. The molecule has 2 aromatic rings. The van der Waals surface area contributed by atoms with Gasteiger partial charge >= 0.3 is 0 Å². The lowest BCUT2D eigenvalue weighted by Gasteiger charge is -2.21. The fourth-order valence-electron chi connectivity index (χ4n) is 3.83. The Hall–Kier alpha value is -2.34. The Morgan fingerprint density at radius 1 is 1.07 bits per heavy atom. The topological polar surface area (TPSA) is 57.5 Å². The molecule has 0 atom stereocenters. The number of aryl methyl sites for hydroxylation is 2. The number of rotatable bonds is 6. The number of likely N-dealkylation sites (tertiary alicyclic amines) is 1. The molecule has 2 heterocycles. The molecular weight excluding hydrogens is 348 g/mol. The lowest BCUT2D eigenvalue weighted by atomic mass is 10.1. The first-order valence-corrected chi connectivity index (χ1v) is 10.5. The molecule has 2 N–H and O–H groups in total. The van der Waals surface area contributed by atoms with Crippen molar-refractivity contribution in [3.8, 4) is 5.69 Å². The lowest BCUT2D eigenvalue weighted by Crippen LogP contribution is -2.41. The third-order valence-corrected chi connectivity index (χ3v) is 5.32. The summed E-state index contributed by atoms with van der Waals surface area (Å²) >= 11 is 0. The number of aliphatic imine (C=N–C) groups is 1. The van der Waals surface area contributed by atoms with Gasteiger partial charge in [0.2, 0.25) is 0 Å². The number of nitrogens with one attached hydrogen (secondary N) is 2. The van der Waals surface area contributed by atoms with Crippen molar-refractivity contribution in [1.82, 2.24) is 25.3 Å². The highest BCUT2D eigenvalue weighted by atomic mass is 15.3. The van der Waals surface area contributed by atoms with Crippen LogP contribution in [0.3, 0.4) is 0 Å². The van der Waals surface area contributed by atoms with Crippen molar-refractivity contribution in [3.63, 3.8) is 0 Å². The van der Waals surface area contributed by atoms with Crippen LogP contribution in [0.1, 0.15) is 42.6 Å². The first-order chi connectivity index (χ1) is 13.7. The quantitative estimate of drug-likeness (QED) is 0.596. The van der Waals surface area contributed by atoms with Crippen LogP contribution in [0, 0.1) is 13.8 Å². The van der Waals surface area contributed by atoms with Crippen LogP contribution in [-0.4, -0.2) is 53.9 Å². The van der Waals surface area contributed by atoms with Crippen molar-refractivity contribution < 1.29 is 0 Å². The van der Waals surface area contributed by atoms with Crippen molar-refractivity contribution in [1.29, 1.82) is 0 Å². The molecule has 0 amide bonds. The molecule has 28 heavy (non-hydrogen) atoms. The fourth-order valence-corrected chi connectivity index (χ4v) is 3.83. The van der Waals surface area contributed by atoms with E-state index in [0.29, 0.717) is 6.54 Å². The van der Waals surface area contributed by atoms with Gasteiger partial charge in [0.25, 0.3) is 0 Å². The molecule has 0 radical (unpaired) electrons. The van der Waals surface area contributed by atoms with Crippen LogP contribution in [0.4, 0.5) is 0 Å². The minimum absolute atomic E-state index is 0.706. The van der Waals surface area contributed by atoms with Gasteiger partial charge in [0.05, 0.1) is 11.4 Å². The Balaban J connectivity index is 1.55. The standard InChI is InChI=1S/C22H34N6/c1-18-16-19(2)28(26-18)21-11-7-6-10-20(21)17-25-22(23-3)24-12-15-27-13-8-4-5-9-14-27/h6-7,10-11,16H,4-5,8-9,12-15,17H2,1-3H3,(H2,23,24,25). The highest BCUT2D eigenvalue weighted by Crippen LogP contribution is 2.16. The van der Waals surface area contributed by atoms with E-state index < -0.39 is 0 Å². The van der Waals surface area contributed by atoms with Crippen molar-refractivity contribution in [2.45, 2.75) is 46.1 Å². The van der Waals surface area contributed by atoms with Gasteiger partial charge in [0.15, 0.2) is 5.96 Å². The van der Waals surface area contributed by atoms with E-state index in [1.165, 1.54) is 44.3 Å². The zero-order chi connectivity index (χ0) is 19.8. The Morgan fingerprint density at radius 2 is 1.82 bits per heavy atom. The number of para-hydroxylation sites is 1. The molecule has 0 unspecified atom stereocenters. The monoisotopic (exact) mass is 382 g/mol. The second-order valence-electron chi connectivity index (χ2n) is 7.58. The van der Waals surface area contributed by atoms with E-state index in [-0.39, 0.29) is 0 Å². The van der Waals surface area contributed by atoms with Crippen molar-refractivity contribution in [2.24, 2.45) is 4.99 Å². The summed E-state index contributed by atoms with van der Waals surface area (Å²) in [6.45, 7) is 9.27. The van der Waals surface area contributed by atoms with Crippen LogP contribution in [0.2, 0.25) is 0 Å². The molecular formula is C22H34N6. The Morgan fingerprint density at radius 3 is 2.50 bits per heavy atom. The predicted octanol–water partition coefficient (Wildman–Crippen LogP) is 3.03. The normalized spacial score (nSPS) is 16.0. The van der Waals surface area contributed by atoms with E-state index in [1.807, 2.05) is 18.7 Å². The van der Waals surface area contributed by atoms with Gasteiger partial charge in [-0.25, -0.2) is 4.68 Å². The molecule has 1 fully saturated rings. The molecule has 1 aliphatic rings. The molecule has 0 saturated carbocycles. The van der Waals surface area contributed by atoms with Crippen LogP contribution in [0.25, 0.3) is 5.69 Å². The van der Waals surface area contributed by atoms with Gasteiger partial charge in [0.1, 0.15) is 0 Å². The zero-order valence-electron chi connectivity index (χ0n) is 17.5. The van der Waals surface area contributed by atoms with E-state index in [4.69, 9.17) is 0 Å². The fraction of sp³-hybridized carbons (Fsp3) is 0.545. The summed E-state index contributed by atoms with van der Waals surface area (Å²) in [6, 6.07) is 10.5. The largest absolute Gasteiger partial charge is 0.355 e. The molecule has 152 valence electrons. The SMILES string of the molecule is CN=C(NCCN1CCCCCC1)NCc1ccccc1-n1nc(C)cc1C. The van der Waals surface area contributed by atoms with Gasteiger partial charge in [0, 0.05) is 32.4 Å². The van der Waals surface area contributed by atoms with Gasteiger partial charge in [-0.1, -0.05) is 31.0 Å². The molecule has 0 spiro atoms. The van der Waals surface area contributed by atoms with Gasteiger partial charge in [-0.2, -0.15) is 5.10 Å². The number of benzene rings is 1. The average molecular weight is 383 g/mol. The van der Waals surface area contributed by atoms with Crippen LogP contribution in [0.5, 0.6) is 0 Å². The average Bonchev–Trinajstić information content (AvgIpc) is 2.88. The van der Waals surface area contributed by atoms with E-state index in [0.717, 1.165) is 36.1 Å². The molecule has 0 bridgehead atoms. The Kier molecular flexibility index (Phi) is 7.48. The van der Waals surface area contributed by atoms with Crippen LogP contribution in [0.15, 0.2) is 35.3 Å². The van der Waals surface area contributed by atoms with Gasteiger partial charge in [-0.15, -0.1) is 0 Å². The number of hydrogen-bond acceptors (Lipinski definition) is 3. The maximum atomic E-state index is 4.63. The zero-order valence-corrected chi connectivity index (χ0v) is 17.5. The lowest BCUT2D eigenvalue weighted by molar-refractivity contribution is 0.289. The van der Waals surface area contributed by atoms with Crippen LogP contribution in [-0.2, 0) is 6.54 Å². The molecule has 1 aromatic carbocycles. The molecule has 3 rings (SSSR count). The molecule has 6 heteroatoms. The first kappa shape index (κ1) is 20.4. The third-order valence-electron chi connectivity index (χ3n) is 5.32. The predicted molar refractivity (Wildman–Crippen MR) is 116 cm³/mol. The van der Waals surface area contributed by atoms with Crippen LogP contribution >= 0.6 is 0 Å². The van der Waals surface area contributed by atoms with Gasteiger partial charge in [-0.3, -0.25) is 4.99 Å². The van der Waals surface area contributed by atoms with Crippen LogP contribution < -0.4 is 10.6 Å². The maximum Gasteiger partial charge on any atom is 0.191 e. The summed E-state index contributed by atoms with van der Waals surface area (Å²) in [7, 11) is 1.83. The van der Waals surface area contributed by atoms with Gasteiger partial charge < -0.3 is 15.5 Å². The minimum atomic E-state index is 0.706. The summed E-state index contributed by atoms with van der Waals surface area (Å²) in [5.74, 6) is 0.845. The van der Waals surface area contributed by atoms with Crippen molar-refractivity contribution in [3.05, 3.63) is 47.3 Å². The highest BCUT2D eigenvalue weighted by Gasteiger charge is 2.10. The molecule has 0 aliphatic carbocycles. The number of aromatic nitrogens is 2. The second-order valence-corrected chi connectivity index (χ2v) is 7.58. The van der Waals surface area contributed by atoms with E-state index in [1.54, 1.807) is 0 Å². The second kappa shape index (κ2) is 10.3. The summed E-state index contributed by atoms with van der Waals surface area (Å²) in [6.07, 6.45) is 5.41. The van der Waals surface area contributed by atoms with E-state index in [9.17, 15) is 0 Å². The van der Waals surface area contributed by atoms with Gasteiger partial charge in [-0.05, 0) is 57.5 Å². The Bertz CT molecular complexity index is 771. The van der Waals surface area contributed by atoms with Crippen molar-refractivity contribution >= 4 is 5.96 Å². The summed E-state index contributed by atoms with van der Waals surface area (Å²) in [5, 5.41) is 11.5. The molecule has 1 saturated heterocycles. The summed E-state index contributed by atoms with van der Waals surface area (Å²) in [5.41, 5.74) is 4.49. The summed E-state index contributed by atoms with van der Waals surface area (Å²) in [4.78, 5) is 6.94. The summed E-state index contributed by atoms with van der Waals surface area (Å²) < 4.78 is 2.02. The number of hydrogen-bond donors (Lipinski definition) is 2. The van der Waals surface area contributed by atoms with Crippen molar-refractivity contribution in [2.75, 3.05) is 33.2 Å². The van der Waals surface area contributed by atoms with E-state index >= 15 is 0 Å². The first-order valence-electron chi connectivity index (χ1n) is 10.5. The minimum Gasteiger partial charge on any atom is -0.355 e. The molecule has 1 aliphatic heterocycles.